The van der Waals surface area contributed by atoms with Gasteiger partial charge in [-0.3, -0.25) is 9.59 Å². The third kappa shape index (κ3) is 2.62. The number of carbonyl (C=O) groups excluding carboxylic acids is 2. The summed E-state index contributed by atoms with van der Waals surface area (Å²) >= 11 is 0. The zero-order valence-corrected chi connectivity index (χ0v) is 13.0. The SMILES string of the molecule is O=C1Cc2ccc(CC(=O)N3CCOCC34CCOC4)cc2N1. The summed E-state index contributed by atoms with van der Waals surface area (Å²) in [6.07, 6.45) is 1.59. The number of hydrogen-bond acceptors (Lipinski definition) is 4. The molecule has 1 spiro atoms. The minimum Gasteiger partial charge on any atom is -0.379 e. The molecule has 6 nitrogen and oxygen atoms in total. The Hall–Kier alpha value is -1.92. The second-order valence-electron chi connectivity index (χ2n) is 6.52. The lowest BCUT2D eigenvalue weighted by Gasteiger charge is -2.43. The van der Waals surface area contributed by atoms with Crippen LogP contribution in [0.4, 0.5) is 5.69 Å². The second-order valence-corrected chi connectivity index (χ2v) is 6.52. The highest BCUT2D eigenvalue weighted by atomic mass is 16.5. The van der Waals surface area contributed by atoms with Gasteiger partial charge in [0.1, 0.15) is 0 Å². The quantitative estimate of drug-likeness (QED) is 0.874. The van der Waals surface area contributed by atoms with Crippen LogP contribution in [-0.2, 0) is 31.9 Å². The molecule has 1 unspecified atom stereocenters. The van der Waals surface area contributed by atoms with Gasteiger partial charge in [0.05, 0.1) is 38.2 Å². The highest BCUT2D eigenvalue weighted by Gasteiger charge is 2.45. The van der Waals surface area contributed by atoms with Crippen molar-refractivity contribution in [3.8, 4) is 0 Å². The third-order valence-corrected chi connectivity index (χ3v) is 4.94. The van der Waals surface area contributed by atoms with Crippen LogP contribution in [0.2, 0.25) is 0 Å². The highest BCUT2D eigenvalue weighted by Crippen LogP contribution is 2.30. The molecule has 0 aromatic heterocycles. The van der Waals surface area contributed by atoms with Crippen LogP contribution in [-0.4, -0.2) is 55.2 Å². The predicted molar refractivity (Wildman–Crippen MR) is 83.2 cm³/mol. The number of benzene rings is 1. The van der Waals surface area contributed by atoms with Gasteiger partial charge in [0.25, 0.3) is 0 Å². The molecule has 1 N–H and O–H groups in total. The normalized spacial score (nSPS) is 26.4. The van der Waals surface area contributed by atoms with Gasteiger partial charge in [-0.1, -0.05) is 12.1 Å². The molecule has 6 heteroatoms. The number of carbonyl (C=O) groups is 2. The van der Waals surface area contributed by atoms with E-state index in [4.69, 9.17) is 9.47 Å². The van der Waals surface area contributed by atoms with Crippen molar-refractivity contribution in [2.24, 2.45) is 0 Å². The lowest BCUT2D eigenvalue weighted by atomic mass is 9.94. The lowest BCUT2D eigenvalue weighted by Crippen LogP contribution is -2.60. The fraction of sp³-hybridized carbons (Fsp3) is 0.529. The van der Waals surface area contributed by atoms with Crippen LogP contribution >= 0.6 is 0 Å². The van der Waals surface area contributed by atoms with E-state index in [9.17, 15) is 9.59 Å². The van der Waals surface area contributed by atoms with Crippen molar-refractivity contribution in [3.05, 3.63) is 29.3 Å². The van der Waals surface area contributed by atoms with Crippen molar-refractivity contribution in [1.82, 2.24) is 4.90 Å². The molecule has 4 rings (SSSR count). The van der Waals surface area contributed by atoms with E-state index >= 15 is 0 Å². The van der Waals surface area contributed by atoms with E-state index in [0.717, 1.165) is 23.2 Å². The molecular weight excluding hydrogens is 296 g/mol. The number of amides is 2. The molecule has 0 bridgehead atoms. The van der Waals surface area contributed by atoms with Crippen molar-refractivity contribution in [2.75, 3.05) is 38.3 Å². The Morgan fingerprint density at radius 1 is 1.26 bits per heavy atom. The molecule has 2 saturated heterocycles. The van der Waals surface area contributed by atoms with Crippen LogP contribution in [0.5, 0.6) is 0 Å². The molecule has 2 amide bonds. The van der Waals surface area contributed by atoms with E-state index < -0.39 is 0 Å². The van der Waals surface area contributed by atoms with Crippen LogP contribution in [0, 0.1) is 0 Å². The van der Waals surface area contributed by atoms with Crippen molar-refractivity contribution in [2.45, 2.75) is 24.8 Å². The number of ether oxygens (including phenoxy) is 2. The zero-order chi connectivity index (χ0) is 15.9. The summed E-state index contributed by atoms with van der Waals surface area (Å²) in [5, 5.41) is 2.84. The zero-order valence-electron chi connectivity index (χ0n) is 13.0. The standard InChI is InChI=1S/C17H20N2O4/c20-15-9-13-2-1-12(7-14(13)18-15)8-16(21)19-4-6-23-11-17(19)3-5-22-10-17/h1-2,7H,3-6,8-11H2,(H,18,20). The van der Waals surface area contributed by atoms with E-state index in [1.807, 2.05) is 23.1 Å². The van der Waals surface area contributed by atoms with Crippen LogP contribution in [0.15, 0.2) is 18.2 Å². The molecule has 1 atom stereocenters. The first-order chi connectivity index (χ1) is 11.2. The van der Waals surface area contributed by atoms with Gasteiger partial charge in [-0.25, -0.2) is 0 Å². The van der Waals surface area contributed by atoms with E-state index in [1.165, 1.54) is 0 Å². The van der Waals surface area contributed by atoms with Crippen LogP contribution in [0.3, 0.4) is 0 Å². The third-order valence-electron chi connectivity index (χ3n) is 4.94. The fourth-order valence-electron chi connectivity index (χ4n) is 3.69. The smallest absolute Gasteiger partial charge is 0.228 e. The first-order valence-corrected chi connectivity index (χ1v) is 8.04. The average molecular weight is 316 g/mol. The van der Waals surface area contributed by atoms with E-state index in [2.05, 4.69) is 5.32 Å². The monoisotopic (exact) mass is 316 g/mol. The van der Waals surface area contributed by atoms with Gasteiger partial charge >= 0.3 is 0 Å². The molecule has 3 aliphatic heterocycles. The van der Waals surface area contributed by atoms with Gasteiger partial charge in [-0.2, -0.15) is 0 Å². The Bertz CT molecular complexity index is 652. The minimum absolute atomic E-state index is 0.0127. The van der Waals surface area contributed by atoms with Crippen molar-refractivity contribution < 1.29 is 19.1 Å². The first-order valence-electron chi connectivity index (χ1n) is 8.04. The van der Waals surface area contributed by atoms with Gasteiger partial charge < -0.3 is 19.7 Å². The van der Waals surface area contributed by atoms with Crippen molar-refractivity contribution in [1.29, 1.82) is 0 Å². The number of morpholine rings is 1. The largest absolute Gasteiger partial charge is 0.379 e. The molecule has 1 aromatic carbocycles. The molecule has 0 saturated carbocycles. The van der Waals surface area contributed by atoms with E-state index in [-0.39, 0.29) is 17.4 Å². The van der Waals surface area contributed by atoms with Gasteiger partial charge in [0, 0.05) is 18.8 Å². The van der Waals surface area contributed by atoms with Crippen LogP contribution < -0.4 is 5.32 Å². The van der Waals surface area contributed by atoms with Crippen LogP contribution in [0.25, 0.3) is 0 Å². The number of anilines is 1. The number of rotatable bonds is 2. The summed E-state index contributed by atoms with van der Waals surface area (Å²) < 4.78 is 11.1. The fourth-order valence-corrected chi connectivity index (χ4v) is 3.69. The van der Waals surface area contributed by atoms with Crippen molar-refractivity contribution in [3.63, 3.8) is 0 Å². The molecule has 1 aromatic rings. The molecule has 3 aliphatic rings. The summed E-state index contributed by atoms with van der Waals surface area (Å²) in [6.45, 7) is 2.98. The van der Waals surface area contributed by atoms with Gasteiger partial charge in [0.2, 0.25) is 11.8 Å². The number of fused-ring (bicyclic) bond motifs is 1. The van der Waals surface area contributed by atoms with Gasteiger partial charge in [0.15, 0.2) is 0 Å². The Morgan fingerprint density at radius 2 is 2.09 bits per heavy atom. The maximum Gasteiger partial charge on any atom is 0.228 e. The maximum absolute atomic E-state index is 12.8. The van der Waals surface area contributed by atoms with Crippen molar-refractivity contribution >= 4 is 17.5 Å². The Kier molecular flexibility index (Phi) is 3.58. The Morgan fingerprint density at radius 3 is 2.91 bits per heavy atom. The second kappa shape index (κ2) is 5.62. The first kappa shape index (κ1) is 14.7. The molecule has 2 fully saturated rings. The van der Waals surface area contributed by atoms with Gasteiger partial charge in [-0.05, 0) is 23.6 Å². The molecule has 122 valence electrons. The topological polar surface area (TPSA) is 67.9 Å². The lowest BCUT2D eigenvalue weighted by molar-refractivity contribution is -0.148. The molecule has 3 heterocycles. The molecular formula is C17H20N2O4. The number of nitrogens with one attached hydrogen (secondary N) is 1. The summed E-state index contributed by atoms with van der Waals surface area (Å²) in [7, 11) is 0. The van der Waals surface area contributed by atoms with E-state index in [1.54, 1.807) is 0 Å². The molecule has 0 radical (unpaired) electrons. The number of hydrogen-bond donors (Lipinski definition) is 1. The molecule has 0 aliphatic carbocycles. The summed E-state index contributed by atoms with van der Waals surface area (Å²) in [4.78, 5) is 26.2. The predicted octanol–water partition coefficient (Wildman–Crippen LogP) is 0.742. The van der Waals surface area contributed by atoms with E-state index in [0.29, 0.717) is 45.8 Å². The average Bonchev–Trinajstić information content (AvgIpc) is 3.13. The highest BCUT2D eigenvalue weighted by molar-refractivity contribution is 5.99. The van der Waals surface area contributed by atoms with Gasteiger partial charge in [-0.15, -0.1) is 0 Å². The Labute approximate surface area is 134 Å². The maximum atomic E-state index is 12.8. The summed E-state index contributed by atoms with van der Waals surface area (Å²) in [5.41, 5.74) is 2.47. The summed E-state index contributed by atoms with van der Waals surface area (Å²) in [5.74, 6) is 0.113. The number of nitrogens with zero attached hydrogens (tertiary/aromatic N) is 1. The molecule has 23 heavy (non-hydrogen) atoms. The van der Waals surface area contributed by atoms with Crippen LogP contribution in [0.1, 0.15) is 17.5 Å². The Balaban J connectivity index is 1.51. The summed E-state index contributed by atoms with van der Waals surface area (Å²) in [6, 6.07) is 5.79. The minimum atomic E-state index is -0.291.